The van der Waals surface area contributed by atoms with Crippen LogP contribution in [0, 0.1) is 5.82 Å². The van der Waals surface area contributed by atoms with Gasteiger partial charge in [-0.15, -0.1) is 0 Å². The van der Waals surface area contributed by atoms with Crippen LogP contribution in [-0.4, -0.2) is 27.1 Å². The van der Waals surface area contributed by atoms with Gasteiger partial charge in [-0.3, -0.25) is 14.9 Å². The molecule has 4 aromatic rings. The van der Waals surface area contributed by atoms with Crippen molar-refractivity contribution in [1.29, 1.82) is 0 Å². The number of aromatic amines is 1. The number of hydrogen-bond donors (Lipinski definition) is 2. The van der Waals surface area contributed by atoms with E-state index in [0.29, 0.717) is 11.4 Å². The monoisotopic (exact) mass is 401 g/mol. The van der Waals surface area contributed by atoms with Crippen LogP contribution in [0.4, 0.5) is 10.1 Å². The van der Waals surface area contributed by atoms with Gasteiger partial charge in [-0.05, 0) is 24.3 Å². The highest BCUT2D eigenvalue weighted by Gasteiger charge is 2.17. The van der Waals surface area contributed by atoms with E-state index >= 15 is 0 Å². The number of aliphatic imine (C=N–C) groups is 1. The Morgan fingerprint density at radius 1 is 0.967 bits per heavy atom. The molecule has 7 heteroatoms. The third kappa shape index (κ3) is 3.56. The standard InChI is InChI=1S/C23H16FN3O3/c24-19-13-7-12-17(23(29)30)21(19)25-14-18-20(15-8-3-1-4-9-15)26-27(22(18)28)16-10-5-2-6-11-16/h1-14,26H,(H,29,30). The molecule has 4 rings (SSSR count). The lowest BCUT2D eigenvalue weighted by molar-refractivity contribution is 0.0697. The molecular formula is C23H16FN3O3. The highest BCUT2D eigenvalue weighted by Crippen LogP contribution is 2.25. The third-order valence-electron chi connectivity index (χ3n) is 4.54. The molecule has 0 unspecified atom stereocenters. The van der Waals surface area contributed by atoms with Gasteiger partial charge in [-0.2, -0.15) is 0 Å². The van der Waals surface area contributed by atoms with E-state index in [0.717, 1.165) is 11.6 Å². The summed E-state index contributed by atoms with van der Waals surface area (Å²) in [5, 5.41) is 12.4. The van der Waals surface area contributed by atoms with E-state index in [1.165, 1.54) is 23.0 Å². The van der Waals surface area contributed by atoms with Crippen LogP contribution < -0.4 is 5.56 Å². The predicted molar refractivity (Wildman–Crippen MR) is 112 cm³/mol. The molecule has 0 bridgehead atoms. The molecule has 1 aromatic heterocycles. The lowest BCUT2D eigenvalue weighted by Gasteiger charge is -2.02. The van der Waals surface area contributed by atoms with Gasteiger partial charge >= 0.3 is 5.97 Å². The van der Waals surface area contributed by atoms with E-state index in [2.05, 4.69) is 10.1 Å². The number of carbonyl (C=O) groups is 1. The van der Waals surface area contributed by atoms with E-state index in [-0.39, 0.29) is 16.8 Å². The van der Waals surface area contributed by atoms with Gasteiger partial charge in [0.25, 0.3) is 5.56 Å². The molecule has 0 aliphatic rings. The quantitative estimate of drug-likeness (QED) is 0.485. The van der Waals surface area contributed by atoms with Crippen molar-refractivity contribution in [2.24, 2.45) is 4.99 Å². The fourth-order valence-electron chi connectivity index (χ4n) is 3.10. The van der Waals surface area contributed by atoms with Crippen LogP contribution in [0.25, 0.3) is 16.9 Å². The molecule has 0 radical (unpaired) electrons. The van der Waals surface area contributed by atoms with Gasteiger partial charge in [-0.25, -0.2) is 13.9 Å². The number of nitrogens with one attached hydrogen (secondary N) is 1. The highest BCUT2D eigenvalue weighted by atomic mass is 19.1. The molecule has 0 spiro atoms. The zero-order chi connectivity index (χ0) is 21.1. The van der Waals surface area contributed by atoms with Gasteiger partial charge in [0.05, 0.1) is 22.5 Å². The molecular weight excluding hydrogens is 385 g/mol. The average Bonchev–Trinajstić information content (AvgIpc) is 3.10. The molecule has 0 aliphatic carbocycles. The molecule has 30 heavy (non-hydrogen) atoms. The summed E-state index contributed by atoms with van der Waals surface area (Å²) in [5.74, 6) is -2.09. The summed E-state index contributed by atoms with van der Waals surface area (Å²) in [5.41, 5.74) is 1.01. The van der Waals surface area contributed by atoms with Crippen LogP contribution >= 0.6 is 0 Å². The number of nitrogens with zero attached hydrogens (tertiary/aromatic N) is 2. The first-order valence-electron chi connectivity index (χ1n) is 9.08. The normalized spacial score (nSPS) is 11.1. The first-order chi connectivity index (χ1) is 14.6. The molecule has 3 aromatic carbocycles. The first kappa shape index (κ1) is 19.1. The Hall–Kier alpha value is -4.26. The Balaban J connectivity index is 1.90. The minimum Gasteiger partial charge on any atom is -0.478 e. The van der Waals surface area contributed by atoms with E-state index in [4.69, 9.17) is 0 Å². The Bertz CT molecular complexity index is 1290. The maximum Gasteiger partial charge on any atom is 0.338 e. The Labute approximate surface area is 170 Å². The van der Waals surface area contributed by atoms with Gasteiger partial charge < -0.3 is 5.11 Å². The Kier molecular flexibility index (Phi) is 5.09. The number of halogens is 1. The van der Waals surface area contributed by atoms with E-state index in [9.17, 15) is 19.1 Å². The zero-order valence-electron chi connectivity index (χ0n) is 15.6. The predicted octanol–water partition coefficient (Wildman–Crippen LogP) is 4.42. The smallest absolute Gasteiger partial charge is 0.338 e. The zero-order valence-corrected chi connectivity index (χ0v) is 15.6. The number of benzene rings is 3. The van der Waals surface area contributed by atoms with Crippen molar-refractivity contribution >= 4 is 17.9 Å². The largest absolute Gasteiger partial charge is 0.478 e. The second kappa shape index (κ2) is 8.00. The second-order valence-electron chi connectivity index (χ2n) is 6.44. The minimum atomic E-state index is -1.30. The summed E-state index contributed by atoms with van der Waals surface area (Å²) < 4.78 is 15.6. The molecule has 0 aliphatic heterocycles. The lowest BCUT2D eigenvalue weighted by Crippen LogP contribution is -2.17. The number of carboxylic acids is 1. The molecule has 2 N–H and O–H groups in total. The Morgan fingerprint density at radius 2 is 1.63 bits per heavy atom. The van der Waals surface area contributed by atoms with Gasteiger partial charge in [0, 0.05) is 11.8 Å². The summed E-state index contributed by atoms with van der Waals surface area (Å²) in [4.78, 5) is 28.6. The third-order valence-corrected chi connectivity index (χ3v) is 4.54. The van der Waals surface area contributed by atoms with Crippen molar-refractivity contribution < 1.29 is 14.3 Å². The van der Waals surface area contributed by atoms with E-state index in [1.54, 1.807) is 24.3 Å². The van der Waals surface area contributed by atoms with Crippen LogP contribution in [0.5, 0.6) is 0 Å². The highest BCUT2D eigenvalue weighted by molar-refractivity contribution is 5.96. The maximum absolute atomic E-state index is 14.2. The van der Waals surface area contributed by atoms with Crippen molar-refractivity contribution in [3.8, 4) is 16.9 Å². The van der Waals surface area contributed by atoms with Gasteiger partial charge in [-0.1, -0.05) is 54.6 Å². The van der Waals surface area contributed by atoms with Crippen LogP contribution in [0.1, 0.15) is 15.9 Å². The van der Waals surface area contributed by atoms with Gasteiger partial charge in [0.1, 0.15) is 11.5 Å². The van der Waals surface area contributed by atoms with E-state index in [1.807, 2.05) is 36.4 Å². The van der Waals surface area contributed by atoms with Crippen LogP contribution in [-0.2, 0) is 0 Å². The molecule has 0 saturated heterocycles. The molecule has 148 valence electrons. The van der Waals surface area contributed by atoms with Gasteiger partial charge in [0.15, 0.2) is 0 Å². The SMILES string of the molecule is O=C(O)c1cccc(F)c1N=Cc1c(-c2ccccc2)[nH]n(-c2ccccc2)c1=O. The molecule has 6 nitrogen and oxygen atoms in total. The number of aromatic carboxylic acids is 1. The number of rotatable bonds is 5. The molecule has 0 fully saturated rings. The fourth-order valence-corrected chi connectivity index (χ4v) is 3.10. The Morgan fingerprint density at radius 3 is 2.30 bits per heavy atom. The van der Waals surface area contributed by atoms with Gasteiger partial charge in [0.2, 0.25) is 0 Å². The van der Waals surface area contributed by atoms with Crippen molar-refractivity contribution in [1.82, 2.24) is 9.78 Å². The molecule has 1 heterocycles. The van der Waals surface area contributed by atoms with Crippen LogP contribution in [0.3, 0.4) is 0 Å². The summed E-state index contributed by atoms with van der Waals surface area (Å²) in [7, 11) is 0. The average molecular weight is 401 g/mol. The van der Waals surface area contributed by atoms with E-state index < -0.39 is 17.3 Å². The topological polar surface area (TPSA) is 87.4 Å². The number of carboxylic acid groups (broad SMARTS) is 1. The summed E-state index contributed by atoms with van der Waals surface area (Å²) in [6.07, 6.45) is 1.20. The number of H-pyrrole nitrogens is 1. The summed E-state index contributed by atoms with van der Waals surface area (Å²) in [6, 6.07) is 21.8. The fraction of sp³-hybridized carbons (Fsp3) is 0. The second-order valence-corrected chi connectivity index (χ2v) is 6.44. The number of hydrogen-bond acceptors (Lipinski definition) is 3. The van der Waals surface area contributed by atoms with Crippen LogP contribution in [0.15, 0.2) is 88.6 Å². The van der Waals surface area contributed by atoms with Crippen molar-refractivity contribution in [2.45, 2.75) is 0 Å². The lowest BCUT2D eigenvalue weighted by atomic mass is 10.1. The molecule has 0 atom stereocenters. The number of para-hydroxylation sites is 2. The first-order valence-corrected chi connectivity index (χ1v) is 9.08. The molecule has 0 saturated carbocycles. The maximum atomic E-state index is 14.2. The van der Waals surface area contributed by atoms with Crippen molar-refractivity contribution in [3.05, 3.63) is 106 Å². The van der Waals surface area contributed by atoms with Crippen molar-refractivity contribution in [2.75, 3.05) is 0 Å². The van der Waals surface area contributed by atoms with Crippen LogP contribution in [0.2, 0.25) is 0 Å². The summed E-state index contributed by atoms with van der Waals surface area (Å²) >= 11 is 0. The molecule has 0 amide bonds. The minimum absolute atomic E-state index is 0.185. The van der Waals surface area contributed by atoms with Crippen molar-refractivity contribution in [3.63, 3.8) is 0 Å². The number of aromatic nitrogens is 2. The summed E-state index contributed by atoms with van der Waals surface area (Å²) in [6.45, 7) is 0.